The van der Waals surface area contributed by atoms with Gasteiger partial charge in [-0.1, -0.05) is 33.6 Å². The van der Waals surface area contributed by atoms with E-state index in [0.29, 0.717) is 3.54 Å². The van der Waals surface area contributed by atoms with Crippen molar-refractivity contribution in [3.63, 3.8) is 0 Å². The molecule has 0 aliphatic heterocycles. The van der Waals surface area contributed by atoms with Gasteiger partial charge in [-0.15, -0.1) is 3.54 Å². The van der Waals surface area contributed by atoms with E-state index in [2.05, 4.69) is 20.8 Å². The van der Waals surface area contributed by atoms with Crippen LogP contribution in [0.1, 0.15) is 33.6 Å². The minimum atomic E-state index is -0.296. The zero-order valence-corrected chi connectivity index (χ0v) is 8.17. The summed E-state index contributed by atoms with van der Waals surface area (Å²) in [5.74, 6) is 0. The highest BCUT2D eigenvalue weighted by atomic mass is 35.5. The topological polar surface area (TPSA) is 0 Å². The summed E-state index contributed by atoms with van der Waals surface area (Å²) in [6.45, 7) is 6.73. The van der Waals surface area contributed by atoms with Crippen LogP contribution in [-0.4, -0.2) is 19.3 Å². The molecule has 2 heteroatoms. The van der Waals surface area contributed by atoms with Crippen LogP contribution in [0.2, 0.25) is 3.54 Å². The van der Waals surface area contributed by atoms with Gasteiger partial charge in [0.2, 0.25) is 0 Å². The fraction of sp³-hybridized carbons (Fsp3) is 1.00. The molecule has 0 N–H and O–H groups in total. The van der Waals surface area contributed by atoms with Crippen LogP contribution in [0.3, 0.4) is 0 Å². The molecule has 0 unspecified atom stereocenters. The van der Waals surface area contributed by atoms with E-state index in [1.54, 1.807) is 0 Å². The molecule has 0 amide bonds. The molecule has 0 rings (SSSR count). The molecular weight excluding hydrogens is 132 g/mol. The standard InChI is InChI=1S/C6H13.ClH.Mg/c1-4-6(3)5-2;;/h4-5H2,1-3H3;1H;/q;;+1/p-1. The van der Waals surface area contributed by atoms with Gasteiger partial charge >= 0.3 is 19.3 Å². The van der Waals surface area contributed by atoms with Crippen LogP contribution >= 0.6 is 9.07 Å². The number of halogens is 1. The van der Waals surface area contributed by atoms with Crippen molar-refractivity contribution in [2.75, 3.05) is 0 Å². The Labute approximate surface area is 65.5 Å². The second-order valence-electron chi connectivity index (χ2n) is 2.65. The van der Waals surface area contributed by atoms with Crippen LogP contribution in [0.15, 0.2) is 0 Å². The molecule has 0 aliphatic rings. The summed E-state index contributed by atoms with van der Waals surface area (Å²) in [6, 6.07) is 0. The van der Waals surface area contributed by atoms with Crippen LogP contribution < -0.4 is 0 Å². The fourth-order valence-electron chi connectivity index (χ4n) is 0.439. The van der Waals surface area contributed by atoms with E-state index >= 15 is 0 Å². The third-order valence-corrected chi connectivity index (χ3v) is 5.61. The largest absolute Gasteiger partial charge is 0.507 e. The molecule has 0 aliphatic carbocycles. The van der Waals surface area contributed by atoms with Crippen molar-refractivity contribution in [2.24, 2.45) is 0 Å². The zero-order valence-electron chi connectivity index (χ0n) is 6.00. The van der Waals surface area contributed by atoms with Crippen molar-refractivity contribution in [3.8, 4) is 0 Å². The average Bonchev–Trinajstić information content (AvgIpc) is 1.87. The summed E-state index contributed by atoms with van der Waals surface area (Å²) < 4.78 is 0.529. The van der Waals surface area contributed by atoms with Gasteiger partial charge in [0.05, 0.1) is 0 Å². The molecule has 0 atom stereocenters. The van der Waals surface area contributed by atoms with Gasteiger partial charge in [-0.25, -0.2) is 0 Å². The van der Waals surface area contributed by atoms with Gasteiger partial charge in [-0.05, 0) is 0 Å². The summed E-state index contributed by atoms with van der Waals surface area (Å²) in [6.07, 6.45) is 2.50. The highest BCUT2D eigenvalue weighted by Crippen LogP contribution is 2.32. The maximum absolute atomic E-state index is 5.85. The van der Waals surface area contributed by atoms with Crippen molar-refractivity contribution < 1.29 is 0 Å². The Bertz CT molecular complexity index is 51.3. The molecule has 0 nitrogen and oxygen atoms in total. The van der Waals surface area contributed by atoms with E-state index in [0.717, 1.165) is 0 Å². The smallest absolute Gasteiger partial charge is 0.345 e. The van der Waals surface area contributed by atoms with Crippen LogP contribution in [0.25, 0.3) is 0 Å². The Morgan fingerprint density at radius 1 is 1.38 bits per heavy atom. The van der Waals surface area contributed by atoms with Gasteiger partial charge in [0.1, 0.15) is 0 Å². The van der Waals surface area contributed by atoms with Gasteiger partial charge < -0.3 is 9.07 Å². The van der Waals surface area contributed by atoms with Crippen molar-refractivity contribution >= 4 is 28.3 Å². The van der Waals surface area contributed by atoms with E-state index in [-0.39, 0.29) is 19.3 Å². The molecule has 0 aromatic carbocycles. The minimum absolute atomic E-state index is 0.296. The summed E-state index contributed by atoms with van der Waals surface area (Å²) in [5, 5.41) is 0. The van der Waals surface area contributed by atoms with E-state index in [4.69, 9.17) is 9.07 Å². The molecule has 0 aromatic heterocycles. The average molecular weight is 145 g/mol. The monoisotopic (exact) mass is 144 g/mol. The molecule has 0 saturated carbocycles. The highest BCUT2D eigenvalue weighted by molar-refractivity contribution is 6.95. The first-order chi connectivity index (χ1) is 3.68. The minimum Gasteiger partial charge on any atom is -0.345 e. The third-order valence-electron chi connectivity index (χ3n) is 2.03. The Morgan fingerprint density at radius 2 is 1.75 bits per heavy atom. The first-order valence-electron chi connectivity index (χ1n) is 3.24. The molecule has 0 saturated heterocycles. The molecule has 0 bridgehead atoms. The molecule has 0 aromatic rings. The van der Waals surface area contributed by atoms with Gasteiger partial charge in [-0.2, -0.15) is 0 Å². The molecule has 0 heterocycles. The maximum Gasteiger partial charge on any atom is 0.507 e. The lowest BCUT2D eigenvalue weighted by Crippen LogP contribution is -2.09. The Balaban J connectivity index is 3.58. The van der Waals surface area contributed by atoms with Gasteiger partial charge in [0.15, 0.2) is 0 Å². The normalized spacial score (nSPS) is 11.0. The summed E-state index contributed by atoms with van der Waals surface area (Å²) in [4.78, 5) is 0. The molecular formula is C6H13ClMg. The first kappa shape index (κ1) is 9.06. The highest BCUT2D eigenvalue weighted by Gasteiger charge is 2.20. The van der Waals surface area contributed by atoms with Crippen LogP contribution in [0.4, 0.5) is 0 Å². The second-order valence-corrected chi connectivity index (χ2v) is 5.43. The predicted octanol–water partition coefficient (Wildman–Crippen LogP) is 2.84. The third kappa shape index (κ3) is 2.56. The van der Waals surface area contributed by atoms with Crippen LogP contribution in [0.5, 0.6) is 0 Å². The van der Waals surface area contributed by atoms with E-state index in [9.17, 15) is 0 Å². The van der Waals surface area contributed by atoms with Gasteiger partial charge in [0, 0.05) is 0 Å². The Kier molecular flexibility index (Phi) is 4.49. The number of hydrogen-bond acceptors (Lipinski definition) is 0. The molecule has 0 radical (unpaired) electrons. The SMILES string of the molecule is CC[C](C)(CC)[Mg][Cl]. The fourth-order valence-corrected chi connectivity index (χ4v) is 1.95. The molecule has 46 valence electrons. The second kappa shape index (κ2) is 3.97. The van der Waals surface area contributed by atoms with Crippen LogP contribution in [0, 0.1) is 0 Å². The molecule has 8 heavy (non-hydrogen) atoms. The van der Waals surface area contributed by atoms with E-state index < -0.39 is 0 Å². The summed E-state index contributed by atoms with van der Waals surface area (Å²) in [7, 11) is 5.85. The summed E-state index contributed by atoms with van der Waals surface area (Å²) >= 11 is -0.296. The first-order valence-corrected chi connectivity index (χ1v) is 6.09. The lowest BCUT2D eigenvalue weighted by atomic mass is 10.1. The van der Waals surface area contributed by atoms with Crippen molar-refractivity contribution in [2.45, 2.75) is 37.2 Å². The number of hydrogen-bond donors (Lipinski definition) is 0. The van der Waals surface area contributed by atoms with Crippen molar-refractivity contribution in [3.05, 3.63) is 0 Å². The predicted molar refractivity (Wildman–Crippen MR) is 40.6 cm³/mol. The number of rotatable bonds is 3. The van der Waals surface area contributed by atoms with Gasteiger partial charge in [-0.3, -0.25) is 0 Å². The maximum atomic E-state index is 5.85. The molecule has 0 spiro atoms. The lowest BCUT2D eigenvalue weighted by Gasteiger charge is -2.22. The van der Waals surface area contributed by atoms with Crippen molar-refractivity contribution in [1.29, 1.82) is 0 Å². The zero-order chi connectivity index (χ0) is 6.62. The summed E-state index contributed by atoms with van der Waals surface area (Å²) in [5.41, 5.74) is 0. The van der Waals surface area contributed by atoms with E-state index in [1.807, 2.05) is 0 Å². The van der Waals surface area contributed by atoms with Gasteiger partial charge in [0.25, 0.3) is 0 Å². The van der Waals surface area contributed by atoms with Crippen molar-refractivity contribution in [1.82, 2.24) is 0 Å². The Morgan fingerprint density at radius 3 is 1.75 bits per heavy atom. The van der Waals surface area contributed by atoms with Crippen LogP contribution in [-0.2, 0) is 0 Å². The quantitative estimate of drug-likeness (QED) is 0.535. The Hall–Kier alpha value is 1.06. The lowest BCUT2D eigenvalue weighted by molar-refractivity contribution is 0.568. The molecule has 0 fully saturated rings. The van der Waals surface area contributed by atoms with E-state index in [1.165, 1.54) is 12.8 Å².